The number of sulfonamides is 1. The summed E-state index contributed by atoms with van der Waals surface area (Å²) in [4.78, 5) is 0. The highest BCUT2D eigenvalue weighted by Gasteiger charge is 2.20. The first kappa shape index (κ1) is 10.5. The zero-order chi connectivity index (χ0) is 9.73. The fraction of sp³-hybridized carbons (Fsp3) is 0.875. The maximum atomic E-state index is 11.0. The maximum Gasteiger partial charge on any atom is 0.225 e. The highest BCUT2D eigenvalue weighted by atomic mass is 32.2. The van der Waals surface area contributed by atoms with E-state index < -0.39 is 15.8 Å². The van der Waals surface area contributed by atoms with E-state index in [0.717, 1.165) is 18.8 Å². The molecule has 0 aromatic carbocycles. The van der Waals surface area contributed by atoms with E-state index in [2.05, 4.69) is 4.72 Å². The summed E-state index contributed by atoms with van der Waals surface area (Å²) in [5.74, 6) is 0.400. The Bertz CT molecular complexity index is 288. The van der Waals surface area contributed by atoms with Crippen LogP contribution in [0.25, 0.3) is 0 Å². The van der Waals surface area contributed by atoms with Crippen molar-refractivity contribution >= 4 is 10.0 Å². The van der Waals surface area contributed by atoms with Crippen LogP contribution in [0, 0.1) is 17.2 Å². The molecule has 0 unspecified atom stereocenters. The maximum absolute atomic E-state index is 11.0. The van der Waals surface area contributed by atoms with Crippen molar-refractivity contribution in [2.45, 2.75) is 25.7 Å². The monoisotopic (exact) mass is 202 g/mol. The molecule has 0 spiro atoms. The molecule has 0 bridgehead atoms. The predicted octanol–water partition coefficient (Wildman–Crippen LogP) is 0.620. The van der Waals surface area contributed by atoms with Gasteiger partial charge in [-0.1, -0.05) is 12.8 Å². The van der Waals surface area contributed by atoms with Crippen LogP contribution in [0.2, 0.25) is 0 Å². The van der Waals surface area contributed by atoms with Crippen LogP contribution in [0.15, 0.2) is 0 Å². The van der Waals surface area contributed by atoms with Gasteiger partial charge in [0.25, 0.3) is 0 Å². The highest BCUT2D eigenvalue weighted by Crippen LogP contribution is 2.33. The van der Waals surface area contributed by atoms with E-state index in [1.165, 1.54) is 12.8 Å². The van der Waals surface area contributed by atoms with Crippen LogP contribution >= 0.6 is 0 Å². The summed E-state index contributed by atoms with van der Waals surface area (Å²) in [7, 11) is -3.32. The molecular formula is C8H14N2O2S. The van der Waals surface area contributed by atoms with Crippen molar-refractivity contribution in [3.05, 3.63) is 0 Å². The third-order valence-corrected chi connectivity index (χ3v) is 3.22. The van der Waals surface area contributed by atoms with Crippen LogP contribution in [0.4, 0.5) is 0 Å². The van der Waals surface area contributed by atoms with Gasteiger partial charge in [-0.15, -0.1) is 0 Å². The molecule has 4 nitrogen and oxygen atoms in total. The fourth-order valence-electron chi connectivity index (χ4n) is 1.16. The van der Waals surface area contributed by atoms with Crippen molar-refractivity contribution in [3.8, 4) is 6.07 Å². The summed E-state index contributed by atoms with van der Waals surface area (Å²) in [6, 6.07) is 1.62. The van der Waals surface area contributed by atoms with Crippen LogP contribution in [0.3, 0.4) is 0 Å². The molecule has 13 heavy (non-hydrogen) atoms. The molecular weight excluding hydrogens is 188 g/mol. The first-order valence-electron chi connectivity index (χ1n) is 4.48. The summed E-state index contributed by atoms with van der Waals surface area (Å²) >= 11 is 0. The minimum absolute atomic E-state index is 0.434. The molecule has 1 aliphatic carbocycles. The van der Waals surface area contributed by atoms with Gasteiger partial charge in [0.1, 0.15) is 0 Å². The van der Waals surface area contributed by atoms with Gasteiger partial charge in [-0.05, 0) is 18.8 Å². The van der Waals surface area contributed by atoms with Gasteiger partial charge < -0.3 is 0 Å². The average Bonchev–Trinajstić information content (AvgIpc) is 2.81. The Morgan fingerprint density at radius 2 is 2.15 bits per heavy atom. The highest BCUT2D eigenvalue weighted by molar-refractivity contribution is 7.89. The number of nitrogens with zero attached hydrogens (tertiary/aromatic N) is 1. The minimum Gasteiger partial charge on any atom is -0.214 e. The van der Waals surface area contributed by atoms with Gasteiger partial charge in [-0.3, -0.25) is 0 Å². The lowest BCUT2D eigenvalue weighted by Gasteiger charge is -2.01. The molecule has 0 heterocycles. The molecule has 1 N–H and O–H groups in total. The number of rotatable bonds is 6. The Balaban J connectivity index is 2.06. The smallest absolute Gasteiger partial charge is 0.214 e. The van der Waals surface area contributed by atoms with E-state index in [4.69, 9.17) is 5.26 Å². The third-order valence-electron chi connectivity index (χ3n) is 2.06. The third kappa shape index (κ3) is 4.86. The Morgan fingerprint density at radius 3 is 2.69 bits per heavy atom. The van der Waals surface area contributed by atoms with E-state index in [1.807, 2.05) is 0 Å². The normalized spacial score (nSPS) is 16.8. The summed E-state index contributed by atoms with van der Waals surface area (Å²) in [6.07, 6.45) is 4.58. The molecule has 0 aromatic heterocycles. The first-order chi connectivity index (χ1) is 6.14. The quantitative estimate of drug-likeness (QED) is 0.642. The molecule has 1 rings (SSSR count). The van der Waals surface area contributed by atoms with Crippen molar-refractivity contribution in [2.75, 3.05) is 12.3 Å². The molecule has 0 aliphatic heterocycles. The van der Waals surface area contributed by atoms with Crippen molar-refractivity contribution in [3.63, 3.8) is 0 Å². The van der Waals surface area contributed by atoms with Gasteiger partial charge in [-0.25, -0.2) is 13.1 Å². The number of hydrogen-bond acceptors (Lipinski definition) is 3. The van der Waals surface area contributed by atoms with Crippen molar-refractivity contribution in [1.82, 2.24) is 4.72 Å². The van der Waals surface area contributed by atoms with Gasteiger partial charge in [-0.2, -0.15) is 5.26 Å². The number of nitrogens with one attached hydrogen (secondary N) is 1. The Labute approximate surface area is 79.0 Å². The van der Waals surface area contributed by atoms with Gasteiger partial charge in [0, 0.05) is 6.54 Å². The molecule has 0 radical (unpaired) electrons. The summed E-state index contributed by atoms with van der Waals surface area (Å²) in [5.41, 5.74) is 0. The molecule has 5 heteroatoms. The van der Waals surface area contributed by atoms with Crippen molar-refractivity contribution in [2.24, 2.45) is 5.92 Å². The lowest BCUT2D eigenvalue weighted by molar-refractivity contribution is 0.576. The van der Waals surface area contributed by atoms with Gasteiger partial charge in [0.15, 0.2) is 5.75 Å². The first-order valence-corrected chi connectivity index (χ1v) is 6.13. The van der Waals surface area contributed by atoms with E-state index in [9.17, 15) is 8.42 Å². The van der Waals surface area contributed by atoms with Crippen molar-refractivity contribution in [1.29, 1.82) is 5.26 Å². The Hall–Kier alpha value is -0.600. The molecule has 1 fully saturated rings. The van der Waals surface area contributed by atoms with E-state index in [1.54, 1.807) is 6.07 Å². The van der Waals surface area contributed by atoms with Crippen molar-refractivity contribution < 1.29 is 8.42 Å². The molecule has 74 valence electrons. The molecule has 1 aliphatic rings. The van der Waals surface area contributed by atoms with Crippen LogP contribution in [0.5, 0.6) is 0 Å². The largest absolute Gasteiger partial charge is 0.225 e. The van der Waals surface area contributed by atoms with Crippen LogP contribution in [-0.2, 0) is 10.0 Å². The SMILES string of the molecule is N#CCS(=O)(=O)NCCCC1CC1. The molecule has 0 aromatic rings. The molecule has 0 atom stereocenters. The topological polar surface area (TPSA) is 70.0 Å². The van der Waals surface area contributed by atoms with E-state index >= 15 is 0 Å². The summed E-state index contributed by atoms with van der Waals surface area (Å²) < 4.78 is 24.3. The van der Waals surface area contributed by atoms with Gasteiger partial charge in [0.2, 0.25) is 10.0 Å². The Morgan fingerprint density at radius 1 is 1.46 bits per heavy atom. The number of nitriles is 1. The minimum atomic E-state index is -3.32. The Kier molecular flexibility index (Phi) is 3.70. The van der Waals surface area contributed by atoms with Gasteiger partial charge >= 0.3 is 0 Å². The van der Waals surface area contributed by atoms with E-state index in [0.29, 0.717) is 6.54 Å². The number of hydrogen-bond donors (Lipinski definition) is 1. The molecule has 0 saturated heterocycles. The van der Waals surface area contributed by atoms with Gasteiger partial charge in [0.05, 0.1) is 6.07 Å². The zero-order valence-electron chi connectivity index (χ0n) is 7.49. The lowest BCUT2D eigenvalue weighted by atomic mass is 10.2. The lowest BCUT2D eigenvalue weighted by Crippen LogP contribution is -2.26. The van der Waals surface area contributed by atoms with E-state index in [-0.39, 0.29) is 0 Å². The summed E-state index contributed by atoms with van der Waals surface area (Å²) in [6.45, 7) is 0.473. The second-order valence-electron chi connectivity index (χ2n) is 3.40. The molecule has 0 amide bonds. The predicted molar refractivity (Wildman–Crippen MR) is 49.4 cm³/mol. The molecule has 1 saturated carbocycles. The van der Waals surface area contributed by atoms with Crippen LogP contribution in [0.1, 0.15) is 25.7 Å². The second-order valence-corrected chi connectivity index (χ2v) is 5.20. The van der Waals surface area contributed by atoms with Crippen LogP contribution in [-0.4, -0.2) is 20.7 Å². The summed E-state index contributed by atoms with van der Waals surface area (Å²) in [5, 5.41) is 8.19. The average molecular weight is 202 g/mol. The second kappa shape index (κ2) is 4.58. The standard InChI is InChI=1S/C8H14N2O2S/c9-5-7-13(11,12)10-6-1-2-8-3-4-8/h8,10H,1-4,6-7H2. The van der Waals surface area contributed by atoms with Crippen LogP contribution < -0.4 is 4.72 Å². The zero-order valence-corrected chi connectivity index (χ0v) is 8.31. The fourth-order valence-corrected chi connectivity index (χ4v) is 1.89.